The number of nitrogen functional groups attached to an aromatic ring is 2. The van der Waals surface area contributed by atoms with Gasteiger partial charge in [-0.1, -0.05) is 6.07 Å². The second-order valence-electron chi connectivity index (χ2n) is 6.20. The first kappa shape index (κ1) is 19.3. The monoisotopic (exact) mass is 391 g/mol. The van der Waals surface area contributed by atoms with Crippen molar-refractivity contribution in [3.05, 3.63) is 63.4 Å². The van der Waals surface area contributed by atoms with Crippen molar-refractivity contribution in [3.63, 3.8) is 0 Å². The van der Waals surface area contributed by atoms with E-state index >= 15 is 0 Å². The summed E-state index contributed by atoms with van der Waals surface area (Å²) in [6.07, 6.45) is -4.62. The van der Waals surface area contributed by atoms with Crippen LogP contribution in [0, 0.1) is 6.92 Å². The number of aryl methyl sites for hydroxylation is 1. The molecule has 0 unspecified atom stereocenters. The molecular formula is C19H16F3N3O3. The first-order valence-electron chi connectivity index (χ1n) is 8.06. The molecular weight excluding hydrogens is 375 g/mol. The second kappa shape index (κ2) is 6.59. The number of hydrogen-bond acceptors (Lipinski definition) is 5. The maximum atomic E-state index is 13.2. The fourth-order valence-electron chi connectivity index (χ4n) is 3.06. The van der Waals surface area contributed by atoms with Gasteiger partial charge in [-0.25, -0.2) is 4.79 Å². The number of pyridine rings is 1. The van der Waals surface area contributed by atoms with Crippen molar-refractivity contribution in [1.82, 2.24) is 4.57 Å². The van der Waals surface area contributed by atoms with Crippen molar-refractivity contribution < 1.29 is 22.7 Å². The van der Waals surface area contributed by atoms with Crippen LogP contribution in [0.5, 0.6) is 0 Å². The van der Waals surface area contributed by atoms with Crippen LogP contribution in [0.1, 0.15) is 21.5 Å². The number of benzene rings is 2. The SMILES string of the molecule is COC(=O)c1c(N)c2ccc(C(F)(F)F)cc2n(-c2ccc(N)cc2C)c1=O. The zero-order valence-electron chi connectivity index (χ0n) is 14.9. The highest BCUT2D eigenvalue weighted by Gasteiger charge is 2.32. The van der Waals surface area contributed by atoms with Crippen LogP contribution in [0.15, 0.2) is 41.2 Å². The average Bonchev–Trinajstić information content (AvgIpc) is 2.62. The lowest BCUT2D eigenvalue weighted by Gasteiger charge is -2.18. The minimum atomic E-state index is -4.62. The smallest absolute Gasteiger partial charge is 0.416 e. The number of esters is 1. The Labute approximate surface area is 157 Å². The molecule has 0 aliphatic heterocycles. The number of aromatic nitrogens is 1. The largest absolute Gasteiger partial charge is 0.465 e. The van der Waals surface area contributed by atoms with E-state index in [1.54, 1.807) is 13.0 Å². The van der Waals surface area contributed by atoms with Gasteiger partial charge in [0.2, 0.25) is 0 Å². The van der Waals surface area contributed by atoms with Crippen molar-refractivity contribution >= 4 is 28.2 Å². The van der Waals surface area contributed by atoms with Crippen molar-refractivity contribution in [3.8, 4) is 5.69 Å². The fourth-order valence-corrected chi connectivity index (χ4v) is 3.06. The van der Waals surface area contributed by atoms with Crippen LogP contribution in [0.3, 0.4) is 0 Å². The minimum Gasteiger partial charge on any atom is -0.465 e. The molecule has 0 bridgehead atoms. The van der Waals surface area contributed by atoms with E-state index in [0.717, 1.165) is 29.9 Å². The van der Waals surface area contributed by atoms with Gasteiger partial charge in [0.05, 0.1) is 29.6 Å². The summed E-state index contributed by atoms with van der Waals surface area (Å²) >= 11 is 0. The minimum absolute atomic E-state index is 0.0853. The average molecular weight is 391 g/mol. The van der Waals surface area contributed by atoms with Gasteiger partial charge in [-0.2, -0.15) is 13.2 Å². The molecule has 3 aromatic rings. The van der Waals surface area contributed by atoms with E-state index in [2.05, 4.69) is 4.74 Å². The van der Waals surface area contributed by atoms with Crippen LogP contribution in [0.2, 0.25) is 0 Å². The first-order chi connectivity index (χ1) is 13.1. The Morgan fingerprint density at radius 1 is 1.11 bits per heavy atom. The molecule has 0 radical (unpaired) electrons. The van der Waals surface area contributed by atoms with Crippen LogP contribution in [-0.2, 0) is 10.9 Å². The van der Waals surface area contributed by atoms with Gasteiger partial charge in [0.1, 0.15) is 5.56 Å². The number of hydrogen-bond donors (Lipinski definition) is 2. The van der Waals surface area contributed by atoms with Crippen LogP contribution < -0.4 is 17.0 Å². The Kier molecular flexibility index (Phi) is 4.54. The second-order valence-corrected chi connectivity index (χ2v) is 6.20. The highest BCUT2D eigenvalue weighted by Crippen LogP contribution is 2.34. The topological polar surface area (TPSA) is 100 Å². The van der Waals surface area contributed by atoms with Crippen LogP contribution in [0.4, 0.5) is 24.5 Å². The molecule has 28 heavy (non-hydrogen) atoms. The lowest BCUT2D eigenvalue weighted by Crippen LogP contribution is -2.29. The Morgan fingerprint density at radius 3 is 2.36 bits per heavy atom. The van der Waals surface area contributed by atoms with E-state index in [-0.39, 0.29) is 22.3 Å². The molecule has 0 saturated carbocycles. The predicted octanol–water partition coefficient (Wildman–Crippen LogP) is 3.27. The zero-order valence-corrected chi connectivity index (χ0v) is 14.9. The summed E-state index contributed by atoms with van der Waals surface area (Å²) in [6, 6.07) is 7.34. The summed E-state index contributed by atoms with van der Waals surface area (Å²) in [5.41, 5.74) is 10.3. The molecule has 0 saturated heterocycles. The number of nitrogens with two attached hydrogens (primary N) is 2. The van der Waals surface area contributed by atoms with Gasteiger partial charge in [0.15, 0.2) is 0 Å². The zero-order chi connectivity index (χ0) is 20.8. The third-order valence-corrected chi connectivity index (χ3v) is 4.39. The number of nitrogens with zero attached hydrogens (tertiary/aromatic N) is 1. The maximum Gasteiger partial charge on any atom is 0.416 e. The highest BCUT2D eigenvalue weighted by molar-refractivity contribution is 6.04. The quantitative estimate of drug-likeness (QED) is 0.516. The Balaban J connectivity index is 2.54. The van der Waals surface area contributed by atoms with Gasteiger partial charge in [0, 0.05) is 11.1 Å². The molecule has 1 heterocycles. The highest BCUT2D eigenvalue weighted by atomic mass is 19.4. The lowest BCUT2D eigenvalue weighted by atomic mass is 10.0. The Morgan fingerprint density at radius 2 is 1.79 bits per heavy atom. The molecule has 6 nitrogen and oxygen atoms in total. The molecule has 1 aromatic heterocycles. The summed E-state index contributed by atoms with van der Waals surface area (Å²) in [4.78, 5) is 25.2. The van der Waals surface area contributed by atoms with E-state index in [1.807, 2.05) is 0 Å². The molecule has 0 amide bonds. The summed E-state index contributed by atoms with van der Waals surface area (Å²) in [6.45, 7) is 1.64. The van der Waals surface area contributed by atoms with E-state index in [0.29, 0.717) is 11.3 Å². The Hall–Kier alpha value is -3.49. The summed E-state index contributed by atoms with van der Waals surface area (Å²) < 4.78 is 45.4. The standard InChI is InChI=1S/C19H16F3N3O3/c1-9-7-11(23)4-6-13(9)25-14-8-10(19(20,21)22)3-5-12(14)16(24)15(17(25)26)18(27)28-2/h3-8H,23-24H2,1-2H3. The molecule has 0 spiro atoms. The third-order valence-electron chi connectivity index (χ3n) is 4.39. The Bertz CT molecular complexity index is 1170. The van der Waals surface area contributed by atoms with Crippen molar-refractivity contribution in [2.45, 2.75) is 13.1 Å². The molecule has 0 aliphatic rings. The summed E-state index contributed by atoms with van der Waals surface area (Å²) in [5, 5.41) is 0.115. The molecule has 0 aliphatic carbocycles. The molecule has 146 valence electrons. The number of alkyl halides is 3. The van der Waals surface area contributed by atoms with Crippen LogP contribution in [0.25, 0.3) is 16.6 Å². The van der Waals surface area contributed by atoms with Gasteiger partial charge in [-0.15, -0.1) is 0 Å². The molecule has 0 atom stereocenters. The van der Waals surface area contributed by atoms with E-state index in [4.69, 9.17) is 11.5 Å². The predicted molar refractivity (Wildman–Crippen MR) is 99.4 cm³/mol. The number of halogens is 3. The van der Waals surface area contributed by atoms with Crippen LogP contribution in [-0.4, -0.2) is 17.6 Å². The fraction of sp³-hybridized carbons (Fsp3) is 0.158. The van der Waals surface area contributed by atoms with E-state index in [9.17, 15) is 22.8 Å². The van der Waals surface area contributed by atoms with Gasteiger partial charge < -0.3 is 16.2 Å². The van der Waals surface area contributed by atoms with E-state index in [1.165, 1.54) is 12.1 Å². The number of fused-ring (bicyclic) bond motifs is 1. The number of anilines is 2. The molecule has 4 N–H and O–H groups in total. The van der Waals surface area contributed by atoms with Gasteiger partial charge in [-0.3, -0.25) is 9.36 Å². The third kappa shape index (κ3) is 3.04. The van der Waals surface area contributed by atoms with Crippen LogP contribution >= 0.6 is 0 Å². The molecule has 0 fully saturated rings. The molecule has 3 rings (SSSR count). The maximum absolute atomic E-state index is 13.2. The van der Waals surface area contributed by atoms with Crippen molar-refractivity contribution in [2.24, 2.45) is 0 Å². The van der Waals surface area contributed by atoms with Crippen molar-refractivity contribution in [1.29, 1.82) is 0 Å². The number of carbonyl (C=O) groups excluding carboxylic acids is 1. The summed E-state index contributed by atoms with van der Waals surface area (Å²) in [7, 11) is 1.08. The van der Waals surface area contributed by atoms with Gasteiger partial charge in [-0.05, 0) is 42.8 Å². The number of carbonyl (C=O) groups is 1. The summed E-state index contributed by atoms with van der Waals surface area (Å²) in [5.74, 6) is -0.980. The number of rotatable bonds is 2. The molecule has 9 heteroatoms. The van der Waals surface area contributed by atoms with Gasteiger partial charge in [0.25, 0.3) is 5.56 Å². The lowest BCUT2D eigenvalue weighted by molar-refractivity contribution is -0.137. The van der Waals surface area contributed by atoms with Crippen molar-refractivity contribution in [2.75, 3.05) is 18.6 Å². The van der Waals surface area contributed by atoms with Gasteiger partial charge >= 0.3 is 12.1 Å². The number of ether oxygens (including phenoxy) is 1. The first-order valence-corrected chi connectivity index (χ1v) is 8.06. The van der Waals surface area contributed by atoms with E-state index < -0.39 is 28.8 Å². The number of methoxy groups -OCH3 is 1. The molecule has 2 aromatic carbocycles. The normalized spacial score (nSPS) is 11.6.